The molecular formula is C6H9Cl2N. The lowest BCUT2D eigenvalue weighted by Gasteiger charge is -1.97. The molecule has 0 aromatic carbocycles. The summed E-state index contributed by atoms with van der Waals surface area (Å²) >= 11 is 10.9. The first-order chi connectivity index (χ1) is 4.33. The Labute approximate surface area is 65.0 Å². The highest BCUT2D eigenvalue weighted by Gasteiger charge is 2.19. The van der Waals surface area contributed by atoms with Crippen LogP contribution in [0.2, 0.25) is 0 Å². The van der Waals surface area contributed by atoms with Crippen LogP contribution < -0.4 is 5.32 Å². The molecule has 0 amide bonds. The van der Waals surface area contributed by atoms with Gasteiger partial charge in [-0.1, -0.05) is 23.2 Å². The molecule has 0 spiro atoms. The zero-order chi connectivity index (χ0) is 6.69. The molecule has 0 aromatic heterocycles. The van der Waals surface area contributed by atoms with E-state index < -0.39 is 0 Å². The van der Waals surface area contributed by atoms with Gasteiger partial charge in [0.2, 0.25) is 0 Å². The maximum absolute atomic E-state index is 5.60. The third-order valence-electron chi connectivity index (χ3n) is 1.26. The van der Waals surface area contributed by atoms with Crippen molar-refractivity contribution in [2.75, 3.05) is 6.54 Å². The fraction of sp³-hybridized carbons (Fsp3) is 0.667. The molecule has 3 heteroatoms. The number of hydrogen-bond acceptors (Lipinski definition) is 1. The normalized spacial score (nSPS) is 20.4. The first-order valence-corrected chi connectivity index (χ1v) is 3.82. The monoisotopic (exact) mass is 165 g/mol. The predicted octanol–water partition coefficient (Wildman–Crippen LogP) is 2.06. The fourth-order valence-corrected chi connectivity index (χ4v) is 0.722. The lowest BCUT2D eigenvalue weighted by molar-refractivity contribution is 0.748. The Bertz CT molecular complexity index is 118. The molecular weight excluding hydrogens is 157 g/mol. The molecule has 1 nitrogen and oxygen atoms in total. The maximum Gasteiger partial charge on any atom is 0.0431 e. The summed E-state index contributed by atoms with van der Waals surface area (Å²) in [5.74, 6) is 0. The largest absolute Gasteiger partial charge is 0.309 e. The lowest BCUT2D eigenvalue weighted by Crippen LogP contribution is -2.17. The Kier molecular flexibility index (Phi) is 2.83. The second-order valence-electron chi connectivity index (χ2n) is 2.21. The first-order valence-electron chi connectivity index (χ1n) is 3.01. The zero-order valence-electron chi connectivity index (χ0n) is 5.03. The molecule has 1 N–H and O–H groups in total. The van der Waals surface area contributed by atoms with Gasteiger partial charge in [0.25, 0.3) is 0 Å². The summed E-state index contributed by atoms with van der Waals surface area (Å²) in [6, 6.07) is 0.704. The predicted molar refractivity (Wildman–Crippen MR) is 40.8 cm³/mol. The van der Waals surface area contributed by atoms with Crippen molar-refractivity contribution in [3.63, 3.8) is 0 Å². The van der Waals surface area contributed by atoms with E-state index in [-0.39, 0.29) is 0 Å². The smallest absolute Gasteiger partial charge is 0.0431 e. The molecule has 1 aliphatic rings. The molecule has 0 aliphatic heterocycles. The minimum Gasteiger partial charge on any atom is -0.309 e. The number of rotatable bonds is 3. The van der Waals surface area contributed by atoms with Crippen LogP contribution >= 0.6 is 23.2 Å². The van der Waals surface area contributed by atoms with Gasteiger partial charge in [0.15, 0.2) is 0 Å². The van der Waals surface area contributed by atoms with Gasteiger partial charge in [0, 0.05) is 23.2 Å². The van der Waals surface area contributed by atoms with Crippen LogP contribution in [0.3, 0.4) is 0 Å². The molecule has 0 radical (unpaired) electrons. The van der Waals surface area contributed by atoms with Gasteiger partial charge >= 0.3 is 0 Å². The molecule has 1 aliphatic carbocycles. The van der Waals surface area contributed by atoms with Crippen LogP contribution in [0.25, 0.3) is 0 Å². The number of halogens is 2. The van der Waals surface area contributed by atoms with E-state index in [1.807, 2.05) is 0 Å². The third kappa shape index (κ3) is 3.09. The molecule has 1 fully saturated rings. The molecule has 0 bridgehead atoms. The Morgan fingerprint density at radius 3 is 2.78 bits per heavy atom. The van der Waals surface area contributed by atoms with Crippen LogP contribution in [0.5, 0.6) is 0 Å². The van der Waals surface area contributed by atoms with Gasteiger partial charge in [0.1, 0.15) is 0 Å². The van der Waals surface area contributed by atoms with E-state index in [1.165, 1.54) is 18.4 Å². The summed E-state index contributed by atoms with van der Waals surface area (Å²) in [5.41, 5.74) is 1.40. The third-order valence-corrected chi connectivity index (χ3v) is 1.87. The Hall–Kier alpha value is 0.280. The van der Waals surface area contributed by atoms with Crippen molar-refractivity contribution in [2.24, 2.45) is 0 Å². The first kappa shape index (κ1) is 7.39. The van der Waals surface area contributed by atoms with Gasteiger partial charge in [0.05, 0.1) is 0 Å². The second kappa shape index (κ2) is 3.45. The van der Waals surface area contributed by atoms with Crippen molar-refractivity contribution in [3.05, 3.63) is 10.6 Å². The highest BCUT2D eigenvalue weighted by atomic mass is 35.5. The second-order valence-corrected chi connectivity index (χ2v) is 2.91. The van der Waals surface area contributed by atoms with Crippen LogP contribution in [0.1, 0.15) is 12.8 Å². The number of hydrogen-bond donors (Lipinski definition) is 1. The summed E-state index contributed by atoms with van der Waals surface area (Å²) < 4.78 is 0. The van der Waals surface area contributed by atoms with E-state index in [0.717, 1.165) is 6.54 Å². The van der Waals surface area contributed by atoms with E-state index in [4.69, 9.17) is 23.2 Å². The fourth-order valence-electron chi connectivity index (χ4n) is 0.568. The summed E-state index contributed by atoms with van der Waals surface area (Å²) in [7, 11) is 0. The van der Waals surface area contributed by atoms with Gasteiger partial charge in [-0.2, -0.15) is 0 Å². The lowest BCUT2D eigenvalue weighted by atomic mass is 10.6. The summed E-state index contributed by atoms with van der Waals surface area (Å²) in [6.45, 7) is 0.718. The highest BCUT2D eigenvalue weighted by Crippen LogP contribution is 2.19. The average molecular weight is 166 g/mol. The van der Waals surface area contributed by atoms with Crippen LogP contribution in [-0.2, 0) is 0 Å². The minimum atomic E-state index is 0.684. The molecule has 0 atom stereocenters. The van der Waals surface area contributed by atoms with E-state index in [0.29, 0.717) is 11.1 Å². The van der Waals surface area contributed by atoms with Gasteiger partial charge in [-0.05, 0) is 12.8 Å². The highest BCUT2D eigenvalue weighted by molar-refractivity contribution is 6.36. The summed E-state index contributed by atoms with van der Waals surface area (Å²) in [4.78, 5) is 0. The zero-order valence-corrected chi connectivity index (χ0v) is 6.54. The molecule has 1 saturated carbocycles. The van der Waals surface area contributed by atoms with Crippen molar-refractivity contribution in [1.82, 2.24) is 5.32 Å². The van der Waals surface area contributed by atoms with Gasteiger partial charge in [-0.15, -0.1) is 0 Å². The van der Waals surface area contributed by atoms with Crippen LogP contribution in [-0.4, -0.2) is 12.6 Å². The molecule has 0 aromatic rings. The summed E-state index contributed by atoms with van der Waals surface area (Å²) in [6.07, 6.45) is 2.57. The van der Waals surface area contributed by atoms with E-state index >= 15 is 0 Å². The van der Waals surface area contributed by atoms with Gasteiger partial charge in [-0.25, -0.2) is 0 Å². The number of nitrogens with one attached hydrogen (secondary N) is 1. The van der Waals surface area contributed by atoms with Crippen LogP contribution in [0.4, 0.5) is 0 Å². The minimum absolute atomic E-state index is 0.684. The van der Waals surface area contributed by atoms with Crippen LogP contribution in [0, 0.1) is 0 Å². The van der Waals surface area contributed by atoms with Gasteiger partial charge in [-0.3, -0.25) is 0 Å². The molecule has 0 unspecified atom stereocenters. The molecule has 1 rings (SSSR count). The quantitative estimate of drug-likeness (QED) is 0.676. The van der Waals surface area contributed by atoms with E-state index in [2.05, 4.69) is 5.32 Å². The topological polar surface area (TPSA) is 12.0 Å². The van der Waals surface area contributed by atoms with Crippen molar-refractivity contribution < 1.29 is 0 Å². The SMILES string of the molecule is Cl/C=C(/Cl)CNC1CC1. The van der Waals surface area contributed by atoms with Crippen molar-refractivity contribution >= 4 is 23.2 Å². The Morgan fingerprint density at radius 2 is 2.33 bits per heavy atom. The van der Waals surface area contributed by atoms with E-state index in [1.54, 1.807) is 0 Å². The standard InChI is InChI=1S/C6H9Cl2N/c7-3-5(8)4-9-6-1-2-6/h3,6,9H,1-2,4H2/b5-3+. The van der Waals surface area contributed by atoms with Crippen molar-refractivity contribution in [2.45, 2.75) is 18.9 Å². The van der Waals surface area contributed by atoms with Gasteiger partial charge < -0.3 is 5.32 Å². The molecule has 0 heterocycles. The maximum atomic E-state index is 5.60. The Morgan fingerprint density at radius 1 is 1.67 bits per heavy atom. The average Bonchev–Trinajstić information content (AvgIpc) is 2.65. The Balaban J connectivity index is 2.03. The molecule has 9 heavy (non-hydrogen) atoms. The summed E-state index contributed by atoms with van der Waals surface area (Å²) in [5, 5.41) is 3.91. The molecule has 0 saturated heterocycles. The van der Waals surface area contributed by atoms with Crippen LogP contribution in [0.15, 0.2) is 10.6 Å². The van der Waals surface area contributed by atoms with Crippen molar-refractivity contribution in [1.29, 1.82) is 0 Å². The molecule has 52 valence electrons. The van der Waals surface area contributed by atoms with E-state index in [9.17, 15) is 0 Å². The van der Waals surface area contributed by atoms with Crippen molar-refractivity contribution in [3.8, 4) is 0 Å².